The molecule has 0 heterocycles. The zero-order chi connectivity index (χ0) is 16.3. The zero-order valence-electron chi connectivity index (χ0n) is 11.5. The van der Waals surface area contributed by atoms with Crippen LogP contribution in [-0.2, 0) is 0 Å². The molecule has 0 unspecified atom stereocenters. The minimum atomic E-state index is -0.558. The number of carbonyl (C=O) groups is 1. The molecule has 0 saturated heterocycles. The largest absolute Gasteiger partial charge is 0.345 e. The van der Waals surface area contributed by atoms with Crippen molar-refractivity contribution in [2.24, 2.45) is 0 Å². The second-order valence-electron chi connectivity index (χ2n) is 4.67. The van der Waals surface area contributed by atoms with Crippen LogP contribution in [0, 0.1) is 10.1 Å². The number of benzene rings is 2. The molecule has 0 aliphatic heterocycles. The van der Waals surface area contributed by atoms with Crippen LogP contribution in [0.15, 0.2) is 46.9 Å². The fourth-order valence-corrected chi connectivity index (χ4v) is 2.44. The third-order valence-electron chi connectivity index (χ3n) is 3.13. The third-order valence-corrected chi connectivity index (χ3v) is 3.97. The van der Waals surface area contributed by atoms with Crippen LogP contribution in [-0.4, -0.2) is 10.8 Å². The highest BCUT2D eigenvalue weighted by Gasteiger charge is 2.17. The van der Waals surface area contributed by atoms with E-state index in [-0.39, 0.29) is 28.2 Å². The van der Waals surface area contributed by atoms with Crippen molar-refractivity contribution in [1.29, 1.82) is 0 Å². The van der Waals surface area contributed by atoms with Gasteiger partial charge in [0, 0.05) is 16.6 Å². The van der Waals surface area contributed by atoms with E-state index < -0.39 is 4.92 Å². The first-order chi connectivity index (χ1) is 10.4. The molecular weight excluding hydrogens is 372 g/mol. The van der Waals surface area contributed by atoms with Gasteiger partial charge in [-0.3, -0.25) is 14.9 Å². The average Bonchev–Trinajstić information content (AvgIpc) is 2.47. The molecule has 1 atom stereocenters. The van der Waals surface area contributed by atoms with Crippen LogP contribution in [0.5, 0.6) is 0 Å². The summed E-state index contributed by atoms with van der Waals surface area (Å²) in [5.41, 5.74) is 0.994. The van der Waals surface area contributed by atoms with Crippen LogP contribution >= 0.6 is 27.5 Å². The van der Waals surface area contributed by atoms with E-state index >= 15 is 0 Å². The number of hydrogen-bond donors (Lipinski definition) is 1. The Kier molecular flexibility index (Phi) is 5.15. The lowest BCUT2D eigenvalue weighted by Crippen LogP contribution is -2.26. The molecule has 2 aromatic carbocycles. The minimum absolute atomic E-state index is 0.0507. The molecule has 22 heavy (non-hydrogen) atoms. The van der Waals surface area contributed by atoms with Crippen molar-refractivity contribution in [3.05, 3.63) is 73.2 Å². The molecule has 0 fully saturated rings. The van der Waals surface area contributed by atoms with E-state index in [0.29, 0.717) is 0 Å². The zero-order valence-corrected chi connectivity index (χ0v) is 13.9. The molecule has 0 aromatic heterocycles. The molecule has 114 valence electrons. The Hall–Kier alpha value is -1.92. The van der Waals surface area contributed by atoms with Crippen LogP contribution in [0.1, 0.15) is 28.9 Å². The Labute approximate surface area is 140 Å². The SMILES string of the molecule is C[C@@H](NC(=O)c1ccc([N+](=O)[O-])cc1Cl)c1ccc(Br)cc1. The molecule has 0 spiro atoms. The first kappa shape index (κ1) is 16.5. The number of nitro groups is 1. The van der Waals surface area contributed by atoms with Gasteiger partial charge in [0.1, 0.15) is 0 Å². The molecule has 1 N–H and O–H groups in total. The van der Waals surface area contributed by atoms with Crippen LogP contribution in [0.3, 0.4) is 0 Å². The van der Waals surface area contributed by atoms with Gasteiger partial charge in [0.15, 0.2) is 0 Å². The summed E-state index contributed by atoms with van der Waals surface area (Å²) in [4.78, 5) is 22.3. The summed E-state index contributed by atoms with van der Waals surface area (Å²) in [6, 6.07) is 11.1. The Balaban J connectivity index is 2.15. The molecule has 0 aliphatic carbocycles. The van der Waals surface area contributed by atoms with E-state index in [1.807, 2.05) is 31.2 Å². The fraction of sp³-hybridized carbons (Fsp3) is 0.133. The van der Waals surface area contributed by atoms with Gasteiger partial charge in [-0.25, -0.2) is 0 Å². The maximum absolute atomic E-state index is 12.2. The van der Waals surface area contributed by atoms with E-state index in [9.17, 15) is 14.9 Å². The maximum atomic E-state index is 12.2. The second kappa shape index (κ2) is 6.89. The highest BCUT2D eigenvalue weighted by atomic mass is 79.9. The van der Waals surface area contributed by atoms with E-state index in [2.05, 4.69) is 21.2 Å². The average molecular weight is 384 g/mol. The number of non-ortho nitro benzene ring substituents is 1. The number of nitro benzene ring substituents is 1. The van der Waals surface area contributed by atoms with E-state index in [1.54, 1.807) is 0 Å². The monoisotopic (exact) mass is 382 g/mol. The first-order valence-electron chi connectivity index (χ1n) is 6.38. The molecule has 2 rings (SSSR count). The summed E-state index contributed by atoms with van der Waals surface area (Å²) >= 11 is 9.30. The van der Waals surface area contributed by atoms with E-state index in [0.717, 1.165) is 10.0 Å². The molecule has 2 aromatic rings. The number of halogens is 2. The van der Waals surface area contributed by atoms with Gasteiger partial charge in [-0.15, -0.1) is 0 Å². The normalized spacial score (nSPS) is 11.8. The lowest BCUT2D eigenvalue weighted by atomic mass is 10.1. The molecule has 0 aliphatic rings. The smallest absolute Gasteiger partial charge is 0.270 e. The van der Waals surface area contributed by atoms with Crippen LogP contribution in [0.4, 0.5) is 5.69 Å². The number of amides is 1. The van der Waals surface area contributed by atoms with Gasteiger partial charge in [0.25, 0.3) is 11.6 Å². The minimum Gasteiger partial charge on any atom is -0.345 e. The topological polar surface area (TPSA) is 72.2 Å². The van der Waals surface area contributed by atoms with Gasteiger partial charge in [-0.2, -0.15) is 0 Å². The first-order valence-corrected chi connectivity index (χ1v) is 7.56. The summed E-state index contributed by atoms with van der Waals surface area (Å²) in [5.74, 6) is -0.379. The standard InChI is InChI=1S/C15H12BrClN2O3/c1-9(10-2-4-11(16)5-3-10)18-15(20)13-7-6-12(19(21)22)8-14(13)17/h2-9H,1H3,(H,18,20)/t9-/m1/s1. The van der Waals surface area contributed by atoms with E-state index in [1.165, 1.54) is 18.2 Å². The summed E-state index contributed by atoms with van der Waals surface area (Å²) in [6.07, 6.45) is 0. The number of hydrogen-bond acceptors (Lipinski definition) is 3. The summed E-state index contributed by atoms with van der Waals surface area (Å²) in [7, 11) is 0. The lowest BCUT2D eigenvalue weighted by molar-refractivity contribution is -0.384. The van der Waals surface area contributed by atoms with Gasteiger partial charge in [0.05, 0.1) is 21.6 Å². The van der Waals surface area contributed by atoms with Gasteiger partial charge in [-0.05, 0) is 30.7 Å². The predicted octanol–water partition coefficient (Wildman–Crippen LogP) is 4.50. The number of rotatable bonds is 4. The second-order valence-corrected chi connectivity index (χ2v) is 5.99. The molecule has 5 nitrogen and oxygen atoms in total. The fourth-order valence-electron chi connectivity index (χ4n) is 1.91. The molecule has 0 radical (unpaired) electrons. The van der Waals surface area contributed by atoms with Crippen LogP contribution in [0.25, 0.3) is 0 Å². The van der Waals surface area contributed by atoms with Crippen molar-refractivity contribution in [1.82, 2.24) is 5.32 Å². The summed E-state index contributed by atoms with van der Waals surface area (Å²) in [6.45, 7) is 1.85. The van der Waals surface area contributed by atoms with Gasteiger partial charge < -0.3 is 5.32 Å². The van der Waals surface area contributed by atoms with Crippen LogP contribution in [0.2, 0.25) is 5.02 Å². The Morgan fingerprint density at radius 2 is 1.91 bits per heavy atom. The number of nitrogens with one attached hydrogen (secondary N) is 1. The molecular formula is C15H12BrClN2O3. The van der Waals surface area contributed by atoms with Crippen LogP contribution < -0.4 is 5.32 Å². The molecule has 0 saturated carbocycles. The van der Waals surface area contributed by atoms with Gasteiger partial charge in [-0.1, -0.05) is 39.7 Å². The third kappa shape index (κ3) is 3.84. The van der Waals surface area contributed by atoms with Gasteiger partial charge >= 0.3 is 0 Å². The molecule has 7 heteroatoms. The highest BCUT2D eigenvalue weighted by Crippen LogP contribution is 2.23. The quantitative estimate of drug-likeness (QED) is 0.624. The highest BCUT2D eigenvalue weighted by molar-refractivity contribution is 9.10. The van der Waals surface area contributed by atoms with Crippen molar-refractivity contribution < 1.29 is 9.72 Å². The van der Waals surface area contributed by atoms with Crippen molar-refractivity contribution >= 4 is 39.1 Å². The Morgan fingerprint density at radius 3 is 2.45 bits per heavy atom. The Bertz CT molecular complexity index is 719. The van der Waals surface area contributed by atoms with Crippen molar-refractivity contribution in [3.8, 4) is 0 Å². The maximum Gasteiger partial charge on any atom is 0.270 e. The lowest BCUT2D eigenvalue weighted by Gasteiger charge is -2.15. The van der Waals surface area contributed by atoms with Crippen molar-refractivity contribution in [2.75, 3.05) is 0 Å². The number of carbonyl (C=O) groups excluding carboxylic acids is 1. The summed E-state index contributed by atoms with van der Waals surface area (Å²) < 4.78 is 0.952. The van der Waals surface area contributed by atoms with Crippen molar-refractivity contribution in [3.63, 3.8) is 0 Å². The predicted molar refractivity (Wildman–Crippen MR) is 88.1 cm³/mol. The Morgan fingerprint density at radius 1 is 1.27 bits per heavy atom. The summed E-state index contributed by atoms with van der Waals surface area (Å²) in [5, 5.41) is 13.5. The van der Waals surface area contributed by atoms with Gasteiger partial charge in [0.2, 0.25) is 0 Å². The molecule has 1 amide bonds. The molecule has 0 bridgehead atoms. The number of nitrogens with zero attached hydrogens (tertiary/aromatic N) is 1. The van der Waals surface area contributed by atoms with E-state index in [4.69, 9.17) is 11.6 Å². The van der Waals surface area contributed by atoms with Crippen molar-refractivity contribution in [2.45, 2.75) is 13.0 Å².